The molecule has 0 unspecified atom stereocenters. The first-order chi connectivity index (χ1) is 4.18. The van der Waals surface area contributed by atoms with Crippen molar-refractivity contribution >= 4 is 22.8 Å². The van der Waals surface area contributed by atoms with E-state index >= 15 is 0 Å². The van der Waals surface area contributed by atoms with E-state index in [4.69, 9.17) is 0 Å². The van der Waals surface area contributed by atoms with Crippen molar-refractivity contribution in [3.8, 4) is 0 Å². The zero-order chi connectivity index (χ0) is 6.85. The summed E-state index contributed by atoms with van der Waals surface area (Å²) in [7, 11) is 0. The molecule has 50 valence electrons. The van der Waals surface area contributed by atoms with Crippen LogP contribution in [-0.2, 0) is 9.59 Å². The Kier molecular flexibility index (Phi) is 1.75. The van der Waals surface area contributed by atoms with E-state index in [1.165, 1.54) is 18.7 Å². The standard InChI is InChI=1S/C5H7NO2S/c1-3(7)9-5-2-4(8)6-5/h5H,2H2,1H3,(H,6,8)/t5-/m0/s1. The molecule has 1 N–H and O–H groups in total. The first kappa shape index (κ1) is 6.61. The zero-order valence-corrected chi connectivity index (χ0v) is 5.83. The summed E-state index contributed by atoms with van der Waals surface area (Å²) in [4.78, 5) is 20.6. The highest BCUT2D eigenvalue weighted by Gasteiger charge is 2.26. The van der Waals surface area contributed by atoms with E-state index in [2.05, 4.69) is 5.32 Å². The summed E-state index contributed by atoms with van der Waals surface area (Å²) < 4.78 is 0. The van der Waals surface area contributed by atoms with Crippen LogP contribution < -0.4 is 5.32 Å². The van der Waals surface area contributed by atoms with Gasteiger partial charge in [-0.1, -0.05) is 11.8 Å². The van der Waals surface area contributed by atoms with Gasteiger partial charge in [0.2, 0.25) is 5.91 Å². The third-order valence-electron chi connectivity index (χ3n) is 1.00. The Morgan fingerprint density at radius 2 is 2.44 bits per heavy atom. The second-order valence-corrected chi connectivity index (χ2v) is 3.25. The fourth-order valence-electron chi connectivity index (χ4n) is 0.598. The SMILES string of the molecule is CC(=O)S[C@H]1CC(=O)N1. The van der Waals surface area contributed by atoms with Crippen LogP contribution in [0.15, 0.2) is 0 Å². The summed E-state index contributed by atoms with van der Waals surface area (Å²) in [6.45, 7) is 1.50. The van der Waals surface area contributed by atoms with Crippen molar-refractivity contribution in [3.63, 3.8) is 0 Å². The van der Waals surface area contributed by atoms with Gasteiger partial charge in [-0.2, -0.15) is 0 Å². The highest BCUT2D eigenvalue weighted by Crippen LogP contribution is 2.18. The average Bonchev–Trinajstić information content (AvgIpc) is 1.60. The van der Waals surface area contributed by atoms with E-state index in [1.54, 1.807) is 0 Å². The third-order valence-corrected chi connectivity index (χ3v) is 1.90. The minimum atomic E-state index is 0.0359. The largest absolute Gasteiger partial charge is 0.343 e. The number of rotatable bonds is 1. The van der Waals surface area contributed by atoms with Crippen LogP contribution in [0.4, 0.5) is 0 Å². The van der Waals surface area contributed by atoms with Gasteiger partial charge in [0.15, 0.2) is 5.12 Å². The number of amides is 1. The highest BCUT2D eigenvalue weighted by atomic mass is 32.2. The quantitative estimate of drug-likeness (QED) is 0.533. The maximum Gasteiger partial charge on any atom is 0.223 e. The molecule has 1 amide bonds. The molecule has 1 heterocycles. The Balaban J connectivity index is 2.18. The lowest BCUT2D eigenvalue weighted by molar-refractivity contribution is -0.126. The van der Waals surface area contributed by atoms with Crippen molar-refractivity contribution in [3.05, 3.63) is 0 Å². The Morgan fingerprint density at radius 1 is 1.89 bits per heavy atom. The third kappa shape index (κ3) is 1.71. The monoisotopic (exact) mass is 145 g/mol. The highest BCUT2D eigenvalue weighted by molar-refractivity contribution is 8.14. The van der Waals surface area contributed by atoms with Crippen LogP contribution in [-0.4, -0.2) is 16.4 Å². The first-order valence-corrected chi connectivity index (χ1v) is 3.53. The van der Waals surface area contributed by atoms with Crippen molar-refractivity contribution in [1.29, 1.82) is 0 Å². The van der Waals surface area contributed by atoms with Gasteiger partial charge in [0.05, 0.1) is 11.8 Å². The number of nitrogens with one attached hydrogen (secondary N) is 1. The van der Waals surface area contributed by atoms with Gasteiger partial charge in [0.25, 0.3) is 0 Å². The van der Waals surface area contributed by atoms with E-state index in [0.29, 0.717) is 6.42 Å². The molecular formula is C5H7NO2S. The minimum absolute atomic E-state index is 0.0359. The molecule has 0 aromatic carbocycles. The molecule has 0 aromatic rings. The van der Waals surface area contributed by atoms with Gasteiger partial charge >= 0.3 is 0 Å². The van der Waals surface area contributed by atoms with Crippen molar-refractivity contribution in [2.75, 3.05) is 0 Å². The van der Waals surface area contributed by atoms with Gasteiger partial charge in [-0.25, -0.2) is 0 Å². The van der Waals surface area contributed by atoms with E-state index in [0.717, 1.165) is 0 Å². The number of hydrogen-bond donors (Lipinski definition) is 1. The van der Waals surface area contributed by atoms with Crippen molar-refractivity contribution in [2.45, 2.75) is 18.7 Å². The summed E-state index contributed by atoms with van der Waals surface area (Å²) in [5.74, 6) is 0.0359. The molecule has 1 saturated heterocycles. The summed E-state index contributed by atoms with van der Waals surface area (Å²) in [5, 5.41) is 2.68. The molecule has 1 rings (SSSR count). The maximum absolute atomic E-state index is 10.4. The maximum atomic E-state index is 10.4. The normalized spacial score (nSPS) is 24.6. The lowest BCUT2D eigenvalue weighted by atomic mass is 10.3. The second-order valence-electron chi connectivity index (χ2n) is 1.87. The number of carbonyl (C=O) groups excluding carboxylic acids is 2. The molecule has 1 fully saturated rings. The molecule has 0 bridgehead atoms. The van der Waals surface area contributed by atoms with Crippen molar-refractivity contribution < 1.29 is 9.59 Å². The van der Waals surface area contributed by atoms with Gasteiger partial charge in [-0.3, -0.25) is 9.59 Å². The van der Waals surface area contributed by atoms with E-state index in [1.807, 2.05) is 0 Å². The van der Waals surface area contributed by atoms with Gasteiger partial charge in [-0.05, 0) is 0 Å². The van der Waals surface area contributed by atoms with E-state index in [-0.39, 0.29) is 16.4 Å². The molecule has 0 aromatic heterocycles. The fraction of sp³-hybridized carbons (Fsp3) is 0.600. The number of carbonyl (C=O) groups is 2. The Bertz CT molecular complexity index is 149. The summed E-state index contributed by atoms with van der Waals surface area (Å²) in [6, 6.07) is 0. The zero-order valence-electron chi connectivity index (χ0n) is 5.01. The summed E-state index contributed by atoms with van der Waals surface area (Å²) in [5.41, 5.74) is 0. The molecule has 9 heavy (non-hydrogen) atoms. The van der Waals surface area contributed by atoms with Crippen LogP contribution in [0.5, 0.6) is 0 Å². The molecule has 4 heteroatoms. The molecule has 0 radical (unpaired) electrons. The van der Waals surface area contributed by atoms with Gasteiger partial charge in [-0.15, -0.1) is 0 Å². The molecule has 1 aliphatic heterocycles. The van der Waals surface area contributed by atoms with Crippen LogP contribution in [0.3, 0.4) is 0 Å². The van der Waals surface area contributed by atoms with Crippen LogP contribution in [0.25, 0.3) is 0 Å². The Morgan fingerprint density at radius 3 is 2.78 bits per heavy atom. The lowest BCUT2D eigenvalue weighted by Gasteiger charge is -2.24. The molecular weight excluding hydrogens is 138 g/mol. The Hall–Kier alpha value is -0.510. The molecule has 3 nitrogen and oxygen atoms in total. The molecule has 0 spiro atoms. The van der Waals surface area contributed by atoms with E-state index in [9.17, 15) is 9.59 Å². The van der Waals surface area contributed by atoms with Gasteiger partial charge in [0.1, 0.15) is 0 Å². The van der Waals surface area contributed by atoms with Gasteiger partial charge in [0, 0.05) is 6.92 Å². The topological polar surface area (TPSA) is 46.2 Å². The summed E-state index contributed by atoms with van der Waals surface area (Å²) >= 11 is 1.17. The smallest absolute Gasteiger partial charge is 0.223 e. The molecule has 0 aliphatic carbocycles. The number of thioether (sulfide) groups is 1. The predicted octanol–water partition coefficient (Wildman–Crippen LogP) is 0.112. The number of β-lactam (4-membered cyclic amide) rings is 1. The fourth-order valence-corrected chi connectivity index (χ4v) is 1.42. The van der Waals surface area contributed by atoms with E-state index < -0.39 is 0 Å². The van der Waals surface area contributed by atoms with Gasteiger partial charge < -0.3 is 5.32 Å². The van der Waals surface area contributed by atoms with Crippen LogP contribution in [0.1, 0.15) is 13.3 Å². The van der Waals surface area contributed by atoms with Crippen LogP contribution >= 0.6 is 11.8 Å². The Labute approximate surface area is 57.2 Å². The first-order valence-electron chi connectivity index (χ1n) is 2.65. The average molecular weight is 145 g/mol. The molecule has 1 atom stereocenters. The van der Waals surface area contributed by atoms with Crippen molar-refractivity contribution in [2.24, 2.45) is 0 Å². The van der Waals surface area contributed by atoms with Crippen LogP contribution in [0.2, 0.25) is 0 Å². The molecule has 0 saturated carbocycles. The summed E-state index contributed by atoms with van der Waals surface area (Å²) in [6.07, 6.45) is 0.490. The van der Waals surface area contributed by atoms with Crippen molar-refractivity contribution in [1.82, 2.24) is 5.32 Å². The molecule has 1 aliphatic rings. The predicted molar refractivity (Wildman–Crippen MR) is 34.8 cm³/mol. The minimum Gasteiger partial charge on any atom is -0.343 e. The number of hydrogen-bond acceptors (Lipinski definition) is 3. The lowest BCUT2D eigenvalue weighted by Crippen LogP contribution is -2.46. The second kappa shape index (κ2) is 2.39. The van der Waals surface area contributed by atoms with Crippen LogP contribution in [0, 0.1) is 0 Å².